The number of nitrogens with zero attached hydrogens (tertiary/aromatic N) is 2. The number of carbonyl (C=O) groups is 2. The molecule has 0 saturated carbocycles. The molecule has 166 valence electrons. The minimum atomic E-state index is -1.55. The molecule has 0 bridgehead atoms. The summed E-state index contributed by atoms with van der Waals surface area (Å²) in [5.41, 5.74) is 4.34. The van der Waals surface area contributed by atoms with Gasteiger partial charge in [-0.25, -0.2) is 0 Å². The van der Waals surface area contributed by atoms with E-state index < -0.39 is 11.9 Å². The van der Waals surface area contributed by atoms with Gasteiger partial charge in [-0.1, -0.05) is 54.6 Å². The molecule has 1 saturated heterocycles. The molecule has 0 N–H and O–H groups in total. The molecule has 0 radical (unpaired) electrons. The van der Waals surface area contributed by atoms with Gasteiger partial charge >= 0.3 is 0 Å². The number of carboxylic acid groups (broad SMARTS) is 2. The normalized spacial score (nSPS) is 14.9. The molecule has 0 atom stereocenters. The van der Waals surface area contributed by atoms with E-state index in [0.717, 1.165) is 13.0 Å². The fourth-order valence-corrected chi connectivity index (χ4v) is 3.51. The van der Waals surface area contributed by atoms with Crippen LogP contribution in [0.1, 0.15) is 30.5 Å². The van der Waals surface area contributed by atoms with Crippen LogP contribution < -0.4 is 10.2 Å². The van der Waals surface area contributed by atoms with Crippen molar-refractivity contribution in [2.75, 3.05) is 26.2 Å². The minimum Gasteiger partial charge on any atom is -0.545 e. The maximum absolute atomic E-state index is 9.41. The predicted molar refractivity (Wildman–Crippen MR) is 117 cm³/mol. The Morgan fingerprint density at radius 3 is 1.87 bits per heavy atom. The van der Waals surface area contributed by atoms with Gasteiger partial charge in [-0.15, -0.1) is 0 Å². The first-order valence-corrected chi connectivity index (χ1v) is 10.5. The van der Waals surface area contributed by atoms with E-state index in [2.05, 4.69) is 78.2 Å². The Balaban J connectivity index is 0.000000366. The lowest BCUT2D eigenvalue weighted by Crippen LogP contribution is -2.48. The molecule has 31 heavy (non-hydrogen) atoms. The van der Waals surface area contributed by atoms with Crippen molar-refractivity contribution in [1.82, 2.24) is 9.80 Å². The van der Waals surface area contributed by atoms with Crippen LogP contribution in [0.2, 0.25) is 0 Å². The number of rotatable bonds is 7. The Kier molecular flexibility index (Phi) is 9.94. The molecule has 1 fully saturated rings. The first-order chi connectivity index (χ1) is 14.8. The Morgan fingerprint density at radius 1 is 0.839 bits per heavy atom. The Morgan fingerprint density at radius 2 is 1.35 bits per heavy atom. The minimum absolute atomic E-state index is 0.384. The second-order valence-corrected chi connectivity index (χ2v) is 7.81. The SMILES string of the molecule is CC(C)N1CCN(Cc2ccccc2Cc2ccccc2)CC1.O=C([O-])C=CC(=O)[O-]. The highest BCUT2D eigenvalue weighted by molar-refractivity contribution is 5.87. The van der Waals surface area contributed by atoms with Crippen LogP contribution in [0, 0.1) is 0 Å². The highest BCUT2D eigenvalue weighted by atomic mass is 16.4. The highest BCUT2D eigenvalue weighted by Gasteiger charge is 2.19. The smallest absolute Gasteiger partial charge is 0.0643 e. The fraction of sp³-hybridized carbons (Fsp3) is 0.360. The Bertz CT molecular complexity index is 841. The van der Waals surface area contributed by atoms with Gasteiger partial charge in [0.25, 0.3) is 0 Å². The van der Waals surface area contributed by atoms with E-state index in [1.807, 2.05) is 0 Å². The molecule has 3 rings (SSSR count). The predicted octanol–water partition coefficient (Wildman–Crippen LogP) is 0.846. The number of carbonyl (C=O) groups excluding carboxylic acids is 2. The monoisotopic (exact) mass is 422 g/mol. The zero-order valence-electron chi connectivity index (χ0n) is 18.2. The zero-order chi connectivity index (χ0) is 22.6. The van der Waals surface area contributed by atoms with Gasteiger partial charge in [0.1, 0.15) is 0 Å². The Hall–Kier alpha value is -2.96. The van der Waals surface area contributed by atoms with Crippen LogP contribution in [0.3, 0.4) is 0 Å². The van der Waals surface area contributed by atoms with E-state index in [0.29, 0.717) is 18.2 Å². The molecule has 1 aliphatic heterocycles. The molecular weight excluding hydrogens is 392 g/mol. The number of aliphatic carboxylic acids is 2. The van der Waals surface area contributed by atoms with E-state index in [4.69, 9.17) is 0 Å². The van der Waals surface area contributed by atoms with Gasteiger partial charge in [-0.05, 0) is 49.1 Å². The summed E-state index contributed by atoms with van der Waals surface area (Å²) in [6.07, 6.45) is 1.80. The van der Waals surface area contributed by atoms with Gasteiger partial charge in [0.05, 0.1) is 11.9 Å². The molecule has 6 heteroatoms. The van der Waals surface area contributed by atoms with Crippen LogP contribution in [0.25, 0.3) is 0 Å². The van der Waals surface area contributed by atoms with Crippen molar-refractivity contribution in [2.45, 2.75) is 32.9 Å². The summed E-state index contributed by atoms with van der Waals surface area (Å²) in [6.45, 7) is 10.4. The van der Waals surface area contributed by atoms with Crippen molar-refractivity contribution in [2.24, 2.45) is 0 Å². The summed E-state index contributed by atoms with van der Waals surface area (Å²) < 4.78 is 0. The number of piperazine rings is 1. The fourth-order valence-electron chi connectivity index (χ4n) is 3.51. The van der Waals surface area contributed by atoms with Crippen LogP contribution >= 0.6 is 0 Å². The van der Waals surface area contributed by atoms with Crippen molar-refractivity contribution in [3.05, 3.63) is 83.4 Å². The molecule has 0 unspecified atom stereocenters. The highest BCUT2D eigenvalue weighted by Crippen LogP contribution is 2.17. The first-order valence-electron chi connectivity index (χ1n) is 10.5. The van der Waals surface area contributed by atoms with Gasteiger partial charge in [0.15, 0.2) is 0 Å². The molecule has 2 aromatic rings. The third-order valence-corrected chi connectivity index (χ3v) is 5.24. The average Bonchev–Trinajstić information content (AvgIpc) is 2.75. The summed E-state index contributed by atoms with van der Waals surface area (Å²) in [7, 11) is 0. The summed E-state index contributed by atoms with van der Waals surface area (Å²) in [4.78, 5) is 24.0. The summed E-state index contributed by atoms with van der Waals surface area (Å²) in [5, 5.41) is 18.8. The second-order valence-electron chi connectivity index (χ2n) is 7.81. The molecule has 1 heterocycles. The van der Waals surface area contributed by atoms with Crippen LogP contribution in [0.5, 0.6) is 0 Å². The molecule has 0 amide bonds. The van der Waals surface area contributed by atoms with Crippen molar-refractivity contribution in [3.8, 4) is 0 Å². The van der Waals surface area contributed by atoms with E-state index in [1.165, 1.54) is 42.9 Å². The third kappa shape index (κ3) is 9.15. The van der Waals surface area contributed by atoms with Gasteiger partial charge in [-0.2, -0.15) is 0 Å². The molecular formula is C25H30N2O4-2. The van der Waals surface area contributed by atoms with E-state index in [9.17, 15) is 19.8 Å². The van der Waals surface area contributed by atoms with Crippen molar-refractivity contribution < 1.29 is 19.8 Å². The number of hydrogen-bond donors (Lipinski definition) is 0. The van der Waals surface area contributed by atoms with Gasteiger partial charge in [-0.3, -0.25) is 9.80 Å². The van der Waals surface area contributed by atoms with Gasteiger partial charge in [0.2, 0.25) is 0 Å². The molecule has 0 aliphatic carbocycles. The quantitative estimate of drug-likeness (QED) is 0.615. The maximum atomic E-state index is 9.41. The van der Waals surface area contributed by atoms with Gasteiger partial charge in [0, 0.05) is 38.8 Å². The lowest BCUT2D eigenvalue weighted by Gasteiger charge is -2.37. The average molecular weight is 423 g/mol. The maximum Gasteiger partial charge on any atom is 0.0643 e. The molecule has 2 aromatic carbocycles. The van der Waals surface area contributed by atoms with E-state index >= 15 is 0 Å². The molecule has 1 aliphatic rings. The molecule has 0 spiro atoms. The summed E-state index contributed by atoms with van der Waals surface area (Å²) in [5.74, 6) is -3.09. The molecule has 0 aromatic heterocycles. The second kappa shape index (κ2) is 12.7. The van der Waals surface area contributed by atoms with Crippen molar-refractivity contribution >= 4 is 11.9 Å². The zero-order valence-corrected chi connectivity index (χ0v) is 18.2. The van der Waals surface area contributed by atoms with Gasteiger partial charge < -0.3 is 19.8 Å². The van der Waals surface area contributed by atoms with Crippen molar-refractivity contribution in [3.63, 3.8) is 0 Å². The van der Waals surface area contributed by atoms with Crippen LogP contribution in [0.4, 0.5) is 0 Å². The molecule has 6 nitrogen and oxygen atoms in total. The number of carboxylic acids is 2. The van der Waals surface area contributed by atoms with E-state index in [-0.39, 0.29) is 0 Å². The van der Waals surface area contributed by atoms with E-state index in [1.54, 1.807) is 0 Å². The lowest BCUT2D eigenvalue weighted by molar-refractivity contribution is -0.301. The van der Waals surface area contributed by atoms with Crippen LogP contribution in [-0.2, 0) is 22.6 Å². The lowest BCUT2D eigenvalue weighted by atomic mass is 9.99. The topological polar surface area (TPSA) is 86.7 Å². The number of hydrogen-bond acceptors (Lipinski definition) is 6. The Labute approximate surface area is 184 Å². The van der Waals surface area contributed by atoms with Crippen LogP contribution in [-0.4, -0.2) is 54.0 Å². The summed E-state index contributed by atoms with van der Waals surface area (Å²) >= 11 is 0. The standard InChI is InChI=1S/C21H28N2.C4H4O4/c1-18(2)23-14-12-22(13-15-23)17-21-11-7-6-10-20(21)16-19-8-4-3-5-9-19;5-3(6)1-2-4(7)8/h3-11,18H,12-17H2,1-2H3;1-2H,(H,5,6)(H,7,8)/p-2. The number of benzene rings is 2. The van der Waals surface area contributed by atoms with Crippen LogP contribution in [0.15, 0.2) is 66.7 Å². The summed E-state index contributed by atoms with van der Waals surface area (Å²) in [6, 6.07) is 20.4. The third-order valence-electron chi connectivity index (χ3n) is 5.24. The first kappa shape index (κ1) is 24.3. The van der Waals surface area contributed by atoms with Crippen molar-refractivity contribution in [1.29, 1.82) is 0 Å². The largest absolute Gasteiger partial charge is 0.545 e.